The summed E-state index contributed by atoms with van der Waals surface area (Å²) in [6, 6.07) is 5.52. The Balaban J connectivity index is 2.79. The third-order valence-electron chi connectivity index (χ3n) is 4.05. The zero-order chi connectivity index (χ0) is 18.0. The molecule has 1 N–H and O–H groups in total. The number of ketones is 1. The molecular weight excluding hydrogens is 374 g/mol. The predicted octanol–water partition coefficient (Wildman–Crippen LogP) is 3.45. The summed E-state index contributed by atoms with van der Waals surface area (Å²) in [7, 11) is 2.89. The van der Waals surface area contributed by atoms with Crippen molar-refractivity contribution >= 4 is 27.7 Å². The van der Waals surface area contributed by atoms with E-state index >= 15 is 0 Å². The molecule has 0 fully saturated rings. The molecule has 0 aliphatic carbocycles. The lowest BCUT2D eigenvalue weighted by molar-refractivity contribution is -0.136. The van der Waals surface area contributed by atoms with E-state index in [-0.39, 0.29) is 5.78 Å². The fourth-order valence-electron chi connectivity index (χ4n) is 3.08. The van der Waals surface area contributed by atoms with Crippen LogP contribution in [-0.4, -0.2) is 26.0 Å². The topological polar surface area (TPSA) is 64.6 Å². The van der Waals surface area contributed by atoms with Crippen molar-refractivity contribution < 1.29 is 19.1 Å². The SMILES string of the molecule is COC(=O)C1=C(C)NC(C)=C(C(C)=O)[C@H]1c1cc(Br)ccc1OC. The standard InChI is InChI=1S/C18H20BrNO4/c1-9-15(11(3)21)17(16(10(2)20-9)18(22)24-5)13-8-12(19)6-7-14(13)23-4/h6-8,17,20H,1-5H3/t17-/m1/s1. The second-order valence-electron chi connectivity index (χ2n) is 5.57. The van der Waals surface area contributed by atoms with Gasteiger partial charge in [0.15, 0.2) is 5.78 Å². The molecule has 1 heterocycles. The van der Waals surface area contributed by atoms with Crippen molar-refractivity contribution in [3.8, 4) is 5.75 Å². The fourth-order valence-corrected chi connectivity index (χ4v) is 3.46. The first-order chi connectivity index (χ1) is 11.3. The molecule has 0 amide bonds. The van der Waals surface area contributed by atoms with Crippen molar-refractivity contribution in [2.45, 2.75) is 26.7 Å². The second kappa shape index (κ2) is 7.21. The lowest BCUT2D eigenvalue weighted by Gasteiger charge is -2.31. The quantitative estimate of drug-likeness (QED) is 0.793. The van der Waals surface area contributed by atoms with E-state index in [4.69, 9.17) is 9.47 Å². The van der Waals surface area contributed by atoms with E-state index in [1.165, 1.54) is 14.0 Å². The van der Waals surface area contributed by atoms with E-state index in [0.29, 0.717) is 22.6 Å². The Morgan fingerprint density at radius 2 is 1.75 bits per heavy atom. The van der Waals surface area contributed by atoms with E-state index in [2.05, 4.69) is 21.2 Å². The van der Waals surface area contributed by atoms with Crippen LogP contribution in [0, 0.1) is 0 Å². The summed E-state index contributed by atoms with van der Waals surface area (Å²) in [5, 5.41) is 3.11. The van der Waals surface area contributed by atoms with Crippen LogP contribution in [-0.2, 0) is 14.3 Å². The zero-order valence-electron chi connectivity index (χ0n) is 14.3. The Labute approximate surface area is 149 Å². The highest BCUT2D eigenvalue weighted by molar-refractivity contribution is 9.10. The molecule has 0 spiro atoms. The number of carbonyl (C=O) groups excluding carboxylic acids is 2. The number of halogens is 1. The number of carbonyl (C=O) groups is 2. The molecule has 1 atom stereocenters. The van der Waals surface area contributed by atoms with Crippen molar-refractivity contribution in [2.24, 2.45) is 0 Å². The van der Waals surface area contributed by atoms with Gasteiger partial charge in [-0.1, -0.05) is 15.9 Å². The number of Topliss-reactive ketones (excluding diaryl/α,β-unsaturated/α-hetero) is 1. The molecule has 0 aromatic heterocycles. The Kier molecular flexibility index (Phi) is 5.49. The summed E-state index contributed by atoms with van der Waals surface area (Å²) in [4.78, 5) is 24.7. The van der Waals surface area contributed by atoms with Crippen LogP contribution < -0.4 is 10.1 Å². The maximum atomic E-state index is 12.4. The van der Waals surface area contributed by atoms with Crippen LogP contribution in [0.5, 0.6) is 5.75 Å². The third-order valence-corrected chi connectivity index (χ3v) is 4.54. The molecule has 1 aliphatic heterocycles. The molecule has 1 aromatic carbocycles. The second-order valence-corrected chi connectivity index (χ2v) is 6.49. The fraction of sp³-hybridized carbons (Fsp3) is 0.333. The van der Waals surface area contributed by atoms with Gasteiger partial charge in [0.1, 0.15) is 5.75 Å². The average molecular weight is 394 g/mol. The van der Waals surface area contributed by atoms with Crippen molar-refractivity contribution in [3.05, 3.63) is 50.8 Å². The average Bonchev–Trinajstić information content (AvgIpc) is 2.52. The summed E-state index contributed by atoms with van der Waals surface area (Å²) >= 11 is 3.45. The number of hydrogen-bond acceptors (Lipinski definition) is 5. The van der Waals surface area contributed by atoms with Gasteiger partial charge in [-0.2, -0.15) is 0 Å². The van der Waals surface area contributed by atoms with Crippen LogP contribution in [0.15, 0.2) is 45.2 Å². The number of methoxy groups -OCH3 is 2. The number of rotatable bonds is 4. The molecule has 128 valence electrons. The van der Waals surface area contributed by atoms with E-state index in [0.717, 1.165) is 15.7 Å². The Hall–Kier alpha value is -2.08. The van der Waals surface area contributed by atoms with Crippen LogP contribution in [0.3, 0.4) is 0 Å². The maximum Gasteiger partial charge on any atom is 0.336 e. The number of nitrogens with one attached hydrogen (secondary N) is 1. The highest BCUT2D eigenvalue weighted by Crippen LogP contribution is 2.43. The predicted molar refractivity (Wildman–Crippen MR) is 94.7 cm³/mol. The minimum Gasteiger partial charge on any atom is -0.496 e. The molecular formula is C18H20BrNO4. The van der Waals surface area contributed by atoms with Gasteiger partial charge in [-0.15, -0.1) is 0 Å². The van der Waals surface area contributed by atoms with Crippen LogP contribution in [0.4, 0.5) is 0 Å². The minimum atomic E-state index is -0.552. The highest BCUT2D eigenvalue weighted by Gasteiger charge is 2.37. The van der Waals surface area contributed by atoms with E-state index in [9.17, 15) is 9.59 Å². The Bertz CT molecular complexity index is 764. The van der Waals surface area contributed by atoms with Gasteiger partial charge in [-0.05, 0) is 39.0 Å². The smallest absolute Gasteiger partial charge is 0.336 e. The van der Waals surface area contributed by atoms with Gasteiger partial charge in [0, 0.05) is 27.0 Å². The van der Waals surface area contributed by atoms with Crippen LogP contribution in [0.2, 0.25) is 0 Å². The molecule has 24 heavy (non-hydrogen) atoms. The lowest BCUT2D eigenvalue weighted by atomic mass is 9.78. The number of dihydropyridines is 1. The number of ether oxygens (including phenoxy) is 2. The van der Waals surface area contributed by atoms with Gasteiger partial charge in [0.25, 0.3) is 0 Å². The van der Waals surface area contributed by atoms with Crippen LogP contribution >= 0.6 is 15.9 Å². The van der Waals surface area contributed by atoms with E-state index < -0.39 is 11.9 Å². The van der Waals surface area contributed by atoms with Gasteiger partial charge >= 0.3 is 5.97 Å². The number of allylic oxidation sites excluding steroid dienone is 3. The first-order valence-electron chi connectivity index (χ1n) is 7.43. The first kappa shape index (κ1) is 18.3. The molecule has 5 nitrogen and oxygen atoms in total. The summed E-state index contributed by atoms with van der Waals surface area (Å²) in [6.45, 7) is 5.11. The monoisotopic (exact) mass is 393 g/mol. The van der Waals surface area contributed by atoms with Gasteiger partial charge in [-0.25, -0.2) is 4.79 Å². The number of esters is 1. The normalized spacial score (nSPS) is 17.5. The molecule has 0 unspecified atom stereocenters. The highest BCUT2D eigenvalue weighted by atomic mass is 79.9. The maximum absolute atomic E-state index is 12.4. The lowest BCUT2D eigenvalue weighted by Crippen LogP contribution is -2.31. The Morgan fingerprint density at radius 1 is 1.12 bits per heavy atom. The van der Waals surface area contributed by atoms with E-state index in [1.807, 2.05) is 19.1 Å². The summed E-state index contributed by atoms with van der Waals surface area (Å²) < 4.78 is 11.3. The molecule has 1 aromatic rings. The molecule has 6 heteroatoms. The zero-order valence-corrected chi connectivity index (χ0v) is 15.9. The van der Waals surface area contributed by atoms with Crippen molar-refractivity contribution in [1.82, 2.24) is 5.32 Å². The van der Waals surface area contributed by atoms with Gasteiger partial charge < -0.3 is 14.8 Å². The molecule has 0 saturated carbocycles. The third kappa shape index (κ3) is 3.24. The van der Waals surface area contributed by atoms with Crippen molar-refractivity contribution in [2.75, 3.05) is 14.2 Å². The number of hydrogen-bond donors (Lipinski definition) is 1. The molecule has 1 aliphatic rings. The van der Waals surface area contributed by atoms with Gasteiger partial charge in [0.05, 0.1) is 25.7 Å². The first-order valence-corrected chi connectivity index (χ1v) is 8.22. The van der Waals surface area contributed by atoms with Crippen molar-refractivity contribution in [3.63, 3.8) is 0 Å². The van der Waals surface area contributed by atoms with E-state index in [1.54, 1.807) is 20.1 Å². The number of benzene rings is 1. The van der Waals surface area contributed by atoms with Gasteiger partial charge in [0.2, 0.25) is 0 Å². The summed E-state index contributed by atoms with van der Waals surface area (Å²) in [6.07, 6.45) is 0. The van der Waals surface area contributed by atoms with Gasteiger partial charge in [-0.3, -0.25) is 4.79 Å². The molecule has 0 radical (unpaired) electrons. The van der Waals surface area contributed by atoms with Crippen LogP contribution in [0.25, 0.3) is 0 Å². The van der Waals surface area contributed by atoms with Crippen molar-refractivity contribution in [1.29, 1.82) is 0 Å². The molecule has 0 saturated heterocycles. The summed E-state index contributed by atoms with van der Waals surface area (Å²) in [5.74, 6) is -0.534. The largest absolute Gasteiger partial charge is 0.496 e. The summed E-state index contributed by atoms with van der Waals surface area (Å²) in [5.41, 5.74) is 3.05. The van der Waals surface area contributed by atoms with Crippen LogP contribution in [0.1, 0.15) is 32.3 Å². The molecule has 0 bridgehead atoms. The minimum absolute atomic E-state index is 0.110. The Morgan fingerprint density at radius 3 is 2.29 bits per heavy atom. The molecule has 2 rings (SSSR count).